The van der Waals surface area contributed by atoms with Gasteiger partial charge < -0.3 is 10.0 Å². The van der Waals surface area contributed by atoms with Crippen LogP contribution in [0.1, 0.15) is 25.3 Å². The molecule has 1 unspecified atom stereocenters. The lowest BCUT2D eigenvalue weighted by Crippen LogP contribution is -2.57. The van der Waals surface area contributed by atoms with E-state index in [1.807, 2.05) is 25.1 Å². The summed E-state index contributed by atoms with van der Waals surface area (Å²) in [5, 5.41) is 9.54. The van der Waals surface area contributed by atoms with Gasteiger partial charge in [-0.3, -0.25) is 4.79 Å². The summed E-state index contributed by atoms with van der Waals surface area (Å²) in [6.07, 6.45) is 2.08. The number of nitrogens with zero attached hydrogens (tertiary/aromatic N) is 1. The zero-order valence-electron chi connectivity index (χ0n) is 11.3. The fourth-order valence-electron chi connectivity index (χ4n) is 3.09. The molecule has 5 heteroatoms. The Balaban J connectivity index is 1.76. The van der Waals surface area contributed by atoms with Crippen LogP contribution in [0, 0.1) is 0 Å². The van der Waals surface area contributed by atoms with E-state index in [0.29, 0.717) is 6.42 Å². The Hall–Kier alpha value is -1.49. The van der Waals surface area contributed by atoms with E-state index in [-0.39, 0.29) is 11.3 Å². The maximum absolute atomic E-state index is 11.6. The number of benzene rings is 1. The highest BCUT2D eigenvalue weighted by Crippen LogP contribution is 2.52. The lowest BCUT2D eigenvalue weighted by molar-refractivity contribution is -0.157. The van der Waals surface area contributed by atoms with Crippen LogP contribution in [0.15, 0.2) is 30.3 Å². The summed E-state index contributed by atoms with van der Waals surface area (Å²) in [6, 6.07) is 9.37. The standard InChI is InChI=1S/C15H17NO3S/c1-15(8-7-10-5-3-2-4-6-10)13(14(18)19)16-11(17)9-12(16)20-15/h2-6,12-13H,7-9H2,1H3,(H,18,19)/t12-,13+,15?/m1/s1. The van der Waals surface area contributed by atoms with Gasteiger partial charge in [0.15, 0.2) is 0 Å². The van der Waals surface area contributed by atoms with E-state index in [2.05, 4.69) is 12.1 Å². The number of aliphatic carboxylic acids is 1. The number of aryl methyl sites for hydroxylation is 1. The average molecular weight is 291 g/mol. The van der Waals surface area contributed by atoms with E-state index < -0.39 is 16.8 Å². The molecule has 3 rings (SSSR count). The fourth-order valence-corrected chi connectivity index (χ4v) is 4.86. The van der Waals surface area contributed by atoms with Gasteiger partial charge in [-0.15, -0.1) is 11.8 Å². The van der Waals surface area contributed by atoms with Crippen LogP contribution >= 0.6 is 11.8 Å². The molecule has 106 valence electrons. The monoisotopic (exact) mass is 291 g/mol. The molecule has 0 aliphatic carbocycles. The Morgan fingerprint density at radius 3 is 2.75 bits per heavy atom. The normalized spacial score (nSPS) is 31.9. The van der Waals surface area contributed by atoms with Crippen LogP contribution in [-0.4, -0.2) is 38.0 Å². The molecule has 2 saturated heterocycles. The first-order valence-corrected chi connectivity index (χ1v) is 7.65. The molecule has 0 spiro atoms. The van der Waals surface area contributed by atoms with Gasteiger partial charge in [-0.1, -0.05) is 30.3 Å². The van der Waals surface area contributed by atoms with Crippen molar-refractivity contribution < 1.29 is 14.7 Å². The Labute approximate surface area is 122 Å². The van der Waals surface area contributed by atoms with Crippen LogP contribution in [0.5, 0.6) is 0 Å². The van der Waals surface area contributed by atoms with Crippen molar-refractivity contribution in [2.45, 2.75) is 42.3 Å². The van der Waals surface area contributed by atoms with E-state index in [0.717, 1.165) is 12.8 Å². The average Bonchev–Trinajstić information content (AvgIpc) is 2.66. The number of carboxylic acid groups (broad SMARTS) is 1. The van der Waals surface area contributed by atoms with Crippen molar-refractivity contribution in [3.8, 4) is 0 Å². The number of carboxylic acids is 1. The number of carbonyl (C=O) groups is 2. The van der Waals surface area contributed by atoms with Crippen LogP contribution < -0.4 is 0 Å². The summed E-state index contributed by atoms with van der Waals surface area (Å²) in [5.74, 6) is -0.915. The smallest absolute Gasteiger partial charge is 0.327 e. The molecule has 20 heavy (non-hydrogen) atoms. The lowest BCUT2D eigenvalue weighted by Gasteiger charge is -2.37. The van der Waals surface area contributed by atoms with E-state index in [1.54, 1.807) is 16.7 Å². The molecular formula is C15H17NO3S. The first kappa shape index (κ1) is 13.5. The van der Waals surface area contributed by atoms with Gasteiger partial charge in [-0.2, -0.15) is 0 Å². The molecule has 2 fully saturated rings. The predicted octanol–water partition coefficient (Wildman–Crippen LogP) is 2.14. The topological polar surface area (TPSA) is 57.6 Å². The minimum Gasteiger partial charge on any atom is -0.480 e. The molecule has 1 aromatic carbocycles. The van der Waals surface area contributed by atoms with Crippen molar-refractivity contribution >= 4 is 23.6 Å². The second-order valence-electron chi connectivity index (χ2n) is 5.62. The van der Waals surface area contributed by atoms with Crippen molar-refractivity contribution in [2.75, 3.05) is 0 Å². The number of β-lactam (4-membered cyclic amide) rings is 1. The highest BCUT2D eigenvalue weighted by atomic mass is 32.2. The van der Waals surface area contributed by atoms with Crippen molar-refractivity contribution in [3.63, 3.8) is 0 Å². The van der Waals surface area contributed by atoms with Crippen LogP contribution in [0.4, 0.5) is 0 Å². The number of carbonyl (C=O) groups excluding carboxylic acids is 1. The molecule has 1 N–H and O–H groups in total. The molecule has 3 atom stereocenters. The van der Waals surface area contributed by atoms with Gasteiger partial charge in [0.25, 0.3) is 0 Å². The van der Waals surface area contributed by atoms with Crippen molar-refractivity contribution in [2.24, 2.45) is 0 Å². The summed E-state index contributed by atoms with van der Waals surface area (Å²) >= 11 is 1.65. The fraction of sp³-hybridized carbons (Fsp3) is 0.467. The van der Waals surface area contributed by atoms with E-state index >= 15 is 0 Å². The van der Waals surface area contributed by atoms with Crippen molar-refractivity contribution in [1.29, 1.82) is 0 Å². The van der Waals surface area contributed by atoms with E-state index in [4.69, 9.17) is 0 Å². The first-order valence-electron chi connectivity index (χ1n) is 6.77. The minimum atomic E-state index is -0.886. The number of fused-ring (bicyclic) bond motifs is 1. The van der Waals surface area contributed by atoms with E-state index in [9.17, 15) is 14.7 Å². The third-order valence-electron chi connectivity index (χ3n) is 4.20. The second-order valence-corrected chi connectivity index (χ2v) is 7.33. The third-order valence-corrected chi connectivity index (χ3v) is 5.83. The molecule has 0 saturated carbocycles. The number of rotatable bonds is 4. The van der Waals surface area contributed by atoms with Crippen molar-refractivity contribution in [1.82, 2.24) is 4.90 Å². The molecule has 0 aromatic heterocycles. The van der Waals surface area contributed by atoms with Gasteiger partial charge in [0.05, 0.1) is 11.8 Å². The molecule has 0 radical (unpaired) electrons. The molecule has 2 aliphatic heterocycles. The lowest BCUT2D eigenvalue weighted by atomic mass is 9.90. The molecule has 0 bridgehead atoms. The summed E-state index contributed by atoms with van der Waals surface area (Å²) in [4.78, 5) is 24.7. The maximum atomic E-state index is 11.6. The van der Waals surface area contributed by atoms with Gasteiger partial charge in [-0.05, 0) is 25.3 Å². The summed E-state index contributed by atoms with van der Waals surface area (Å²) in [6.45, 7) is 1.98. The first-order chi connectivity index (χ1) is 9.51. The molecule has 1 aromatic rings. The Morgan fingerprint density at radius 1 is 1.45 bits per heavy atom. The SMILES string of the molecule is CC1(CCc2ccccc2)S[C@@H]2CC(=O)N2[C@H]1C(=O)O. The second kappa shape index (κ2) is 4.81. The van der Waals surface area contributed by atoms with Crippen LogP contribution in [-0.2, 0) is 16.0 Å². The Morgan fingerprint density at radius 2 is 2.15 bits per heavy atom. The van der Waals surface area contributed by atoms with Crippen LogP contribution in [0.25, 0.3) is 0 Å². The van der Waals surface area contributed by atoms with Gasteiger partial charge in [-0.25, -0.2) is 4.79 Å². The molecule has 4 nitrogen and oxygen atoms in total. The molecule has 1 amide bonds. The highest BCUT2D eigenvalue weighted by Gasteiger charge is 2.60. The number of amides is 1. The van der Waals surface area contributed by atoms with Crippen LogP contribution in [0.3, 0.4) is 0 Å². The zero-order chi connectivity index (χ0) is 14.3. The molecule has 2 aliphatic rings. The van der Waals surface area contributed by atoms with E-state index in [1.165, 1.54) is 5.56 Å². The number of thioether (sulfide) groups is 1. The minimum absolute atomic E-state index is 0.0293. The largest absolute Gasteiger partial charge is 0.480 e. The van der Waals surface area contributed by atoms with Gasteiger partial charge in [0.1, 0.15) is 6.04 Å². The molecule has 2 heterocycles. The van der Waals surface area contributed by atoms with Gasteiger partial charge in [0.2, 0.25) is 5.91 Å². The Bertz CT molecular complexity index is 547. The summed E-state index contributed by atoms with van der Waals surface area (Å²) < 4.78 is -0.404. The number of hydrogen-bond donors (Lipinski definition) is 1. The zero-order valence-corrected chi connectivity index (χ0v) is 12.1. The quantitative estimate of drug-likeness (QED) is 0.864. The number of hydrogen-bond acceptors (Lipinski definition) is 3. The highest BCUT2D eigenvalue weighted by molar-refractivity contribution is 8.01. The third kappa shape index (κ3) is 2.10. The van der Waals surface area contributed by atoms with Crippen LogP contribution in [0.2, 0.25) is 0 Å². The summed E-state index contributed by atoms with van der Waals surface area (Å²) in [7, 11) is 0. The predicted molar refractivity (Wildman–Crippen MR) is 77.4 cm³/mol. The Kier molecular flexibility index (Phi) is 3.24. The summed E-state index contributed by atoms with van der Waals surface area (Å²) in [5.41, 5.74) is 1.21. The van der Waals surface area contributed by atoms with Gasteiger partial charge in [0, 0.05) is 4.75 Å². The van der Waals surface area contributed by atoms with Crippen molar-refractivity contribution in [3.05, 3.63) is 35.9 Å². The van der Waals surface area contributed by atoms with Gasteiger partial charge >= 0.3 is 5.97 Å². The maximum Gasteiger partial charge on any atom is 0.327 e. The molecular weight excluding hydrogens is 274 g/mol.